The minimum absolute atomic E-state index is 0.142. The maximum atomic E-state index is 12.9. The van der Waals surface area contributed by atoms with Gasteiger partial charge in [0.25, 0.3) is 5.91 Å². The highest BCUT2D eigenvalue weighted by atomic mass is 32.2. The van der Waals surface area contributed by atoms with Crippen molar-refractivity contribution in [3.05, 3.63) is 89.6 Å². The molecule has 0 aliphatic heterocycles. The molecule has 0 aliphatic rings. The average Bonchev–Trinajstić information content (AvgIpc) is 3.07. The summed E-state index contributed by atoms with van der Waals surface area (Å²) in [4.78, 5) is 17.7. The minimum Gasteiger partial charge on any atom is -0.306 e. The van der Waals surface area contributed by atoms with Crippen molar-refractivity contribution in [1.29, 1.82) is 0 Å². The lowest BCUT2D eigenvalue weighted by atomic mass is 10.1. The first-order valence-electron chi connectivity index (χ1n) is 9.09. The van der Waals surface area contributed by atoms with Crippen LogP contribution >= 0.6 is 11.8 Å². The number of nitrogens with one attached hydrogen (secondary N) is 1. The van der Waals surface area contributed by atoms with Crippen molar-refractivity contribution in [2.24, 2.45) is 0 Å². The van der Waals surface area contributed by atoms with E-state index in [-0.39, 0.29) is 5.91 Å². The van der Waals surface area contributed by atoms with E-state index in [4.69, 9.17) is 4.98 Å². The molecule has 4 rings (SSSR count). The summed E-state index contributed by atoms with van der Waals surface area (Å²) in [5.41, 5.74) is 5.47. The van der Waals surface area contributed by atoms with Crippen molar-refractivity contribution in [2.45, 2.75) is 12.7 Å². The van der Waals surface area contributed by atoms with Crippen LogP contribution in [0.3, 0.4) is 0 Å². The summed E-state index contributed by atoms with van der Waals surface area (Å²) in [5.74, 6) is 1.48. The quantitative estimate of drug-likeness (QED) is 0.497. The number of hydrogen-bond donors (Lipinski definition) is 1. The predicted octanol–water partition coefficient (Wildman–Crippen LogP) is 5.43. The van der Waals surface area contributed by atoms with Crippen LogP contribution in [0.4, 0.5) is 5.82 Å². The van der Waals surface area contributed by atoms with Gasteiger partial charge in [0.2, 0.25) is 0 Å². The van der Waals surface area contributed by atoms with E-state index in [1.165, 1.54) is 5.56 Å². The lowest BCUT2D eigenvalue weighted by Crippen LogP contribution is -2.14. The van der Waals surface area contributed by atoms with E-state index in [2.05, 4.69) is 11.6 Å². The van der Waals surface area contributed by atoms with Crippen LogP contribution in [0.25, 0.3) is 16.9 Å². The number of hydrogen-bond acceptors (Lipinski definition) is 3. The van der Waals surface area contributed by atoms with Crippen LogP contribution in [0.2, 0.25) is 0 Å². The van der Waals surface area contributed by atoms with E-state index < -0.39 is 0 Å². The molecule has 0 saturated heterocycles. The van der Waals surface area contributed by atoms with Gasteiger partial charge in [0.15, 0.2) is 0 Å². The molecule has 0 fully saturated rings. The maximum absolute atomic E-state index is 12.9. The molecular weight excluding hydrogens is 366 g/mol. The topological polar surface area (TPSA) is 46.4 Å². The number of rotatable bonds is 5. The van der Waals surface area contributed by atoms with E-state index >= 15 is 0 Å². The molecule has 0 radical (unpaired) electrons. The van der Waals surface area contributed by atoms with Crippen LogP contribution in [0, 0.1) is 6.92 Å². The van der Waals surface area contributed by atoms with Crippen molar-refractivity contribution in [1.82, 2.24) is 9.38 Å². The third-order valence-electron chi connectivity index (χ3n) is 4.57. The summed E-state index contributed by atoms with van der Waals surface area (Å²) in [5, 5.41) is 3.08. The van der Waals surface area contributed by atoms with Gasteiger partial charge in [0.05, 0.1) is 0 Å². The fourth-order valence-electron chi connectivity index (χ4n) is 3.17. The Kier molecular flexibility index (Phi) is 5.17. The number of benzene rings is 2. The highest BCUT2D eigenvalue weighted by Crippen LogP contribution is 2.29. The summed E-state index contributed by atoms with van der Waals surface area (Å²) in [6, 6.07) is 21.7. The van der Waals surface area contributed by atoms with Gasteiger partial charge in [-0.05, 0) is 42.5 Å². The Morgan fingerprint density at radius 2 is 1.79 bits per heavy atom. The number of fused-ring (bicyclic) bond motifs is 1. The number of nitrogens with zero attached hydrogens (tertiary/aromatic N) is 2. The monoisotopic (exact) mass is 387 g/mol. The summed E-state index contributed by atoms with van der Waals surface area (Å²) >= 11 is 1.76. The van der Waals surface area contributed by atoms with Gasteiger partial charge in [0.1, 0.15) is 17.2 Å². The normalized spacial score (nSPS) is 10.9. The standard InChI is InChI=1S/C23H21N3OS/c1-16-8-13-20-24-21(18-6-4-3-5-7-18)22(26(20)14-16)25-23(27)19-11-9-17(10-12-19)15-28-2/h3-14H,15H2,1-2H3,(H,25,27). The summed E-state index contributed by atoms with van der Waals surface area (Å²) in [6.45, 7) is 2.03. The average molecular weight is 388 g/mol. The second kappa shape index (κ2) is 7.90. The van der Waals surface area contributed by atoms with Crippen molar-refractivity contribution >= 4 is 29.1 Å². The third kappa shape index (κ3) is 3.66. The van der Waals surface area contributed by atoms with Gasteiger partial charge in [-0.15, -0.1) is 0 Å². The Labute approximate surface area is 168 Å². The third-order valence-corrected chi connectivity index (χ3v) is 5.19. The number of carbonyl (C=O) groups is 1. The van der Waals surface area contributed by atoms with Gasteiger partial charge in [0, 0.05) is 23.1 Å². The molecule has 0 aliphatic carbocycles. The molecule has 2 aromatic heterocycles. The largest absolute Gasteiger partial charge is 0.306 e. The number of amides is 1. The molecule has 5 heteroatoms. The fourth-order valence-corrected chi connectivity index (χ4v) is 3.69. The second-order valence-electron chi connectivity index (χ2n) is 6.69. The van der Waals surface area contributed by atoms with Gasteiger partial charge in [-0.2, -0.15) is 11.8 Å². The van der Waals surface area contributed by atoms with Crippen LogP contribution in [0.5, 0.6) is 0 Å². The Bertz CT molecular complexity index is 1120. The molecule has 0 saturated carbocycles. The number of aryl methyl sites for hydroxylation is 1. The molecule has 4 nitrogen and oxygen atoms in total. The van der Waals surface area contributed by atoms with Crippen LogP contribution in [-0.4, -0.2) is 21.5 Å². The Morgan fingerprint density at radius 3 is 2.50 bits per heavy atom. The number of imidazole rings is 1. The van der Waals surface area contributed by atoms with Gasteiger partial charge in [-0.1, -0.05) is 48.5 Å². The highest BCUT2D eigenvalue weighted by Gasteiger charge is 2.17. The zero-order chi connectivity index (χ0) is 19.5. The van der Waals surface area contributed by atoms with E-state index in [0.29, 0.717) is 11.4 Å². The lowest BCUT2D eigenvalue weighted by Gasteiger charge is -2.09. The van der Waals surface area contributed by atoms with Gasteiger partial charge < -0.3 is 5.32 Å². The summed E-state index contributed by atoms with van der Waals surface area (Å²) in [6.07, 6.45) is 4.06. The van der Waals surface area contributed by atoms with Gasteiger partial charge in [-0.25, -0.2) is 4.98 Å². The van der Waals surface area contributed by atoms with Gasteiger partial charge in [-0.3, -0.25) is 9.20 Å². The molecule has 2 heterocycles. The number of anilines is 1. The summed E-state index contributed by atoms with van der Waals surface area (Å²) < 4.78 is 1.94. The van der Waals surface area contributed by atoms with Crippen molar-refractivity contribution in [3.63, 3.8) is 0 Å². The zero-order valence-corrected chi connectivity index (χ0v) is 16.7. The van der Waals surface area contributed by atoms with Crippen LogP contribution in [0.1, 0.15) is 21.5 Å². The number of pyridine rings is 1. The Balaban J connectivity index is 1.74. The molecule has 2 aromatic carbocycles. The first-order valence-corrected chi connectivity index (χ1v) is 10.5. The molecule has 140 valence electrons. The molecule has 0 bridgehead atoms. The van der Waals surface area contributed by atoms with Crippen LogP contribution in [-0.2, 0) is 5.75 Å². The molecule has 1 N–H and O–H groups in total. The Hall–Kier alpha value is -3.05. The first-order chi connectivity index (χ1) is 13.7. The lowest BCUT2D eigenvalue weighted by molar-refractivity contribution is 0.102. The number of thioether (sulfide) groups is 1. The molecular formula is C23H21N3OS. The highest BCUT2D eigenvalue weighted by molar-refractivity contribution is 7.97. The van der Waals surface area contributed by atoms with E-state index in [1.54, 1.807) is 11.8 Å². The van der Waals surface area contributed by atoms with Crippen molar-refractivity contribution in [2.75, 3.05) is 11.6 Å². The van der Waals surface area contributed by atoms with Crippen molar-refractivity contribution < 1.29 is 4.79 Å². The predicted molar refractivity (Wildman–Crippen MR) is 117 cm³/mol. The minimum atomic E-state index is -0.142. The van der Waals surface area contributed by atoms with E-state index in [1.807, 2.05) is 84.3 Å². The van der Waals surface area contributed by atoms with Gasteiger partial charge >= 0.3 is 0 Å². The number of carbonyl (C=O) groups excluding carboxylic acids is 1. The maximum Gasteiger partial charge on any atom is 0.256 e. The van der Waals surface area contributed by atoms with Crippen LogP contribution in [0.15, 0.2) is 72.9 Å². The molecule has 1 amide bonds. The van der Waals surface area contributed by atoms with E-state index in [0.717, 1.165) is 28.2 Å². The number of aromatic nitrogens is 2. The molecule has 0 spiro atoms. The first kappa shape index (κ1) is 18.3. The van der Waals surface area contributed by atoms with E-state index in [9.17, 15) is 4.79 Å². The second-order valence-corrected chi connectivity index (χ2v) is 7.56. The van der Waals surface area contributed by atoms with Crippen LogP contribution < -0.4 is 5.32 Å². The Morgan fingerprint density at radius 1 is 1.04 bits per heavy atom. The molecule has 28 heavy (non-hydrogen) atoms. The summed E-state index contributed by atoms with van der Waals surface area (Å²) in [7, 11) is 0. The molecule has 0 atom stereocenters. The molecule has 0 unspecified atom stereocenters. The fraction of sp³-hybridized carbons (Fsp3) is 0.130. The van der Waals surface area contributed by atoms with Crippen molar-refractivity contribution in [3.8, 4) is 11.3 Å². The smallest absolute Gasteiger partial charge is 0.256 e. The molecule has 4 aromatic rings. The zero-order valence-electron chi connectivity index (χ0n) is 15.8. The SMILES string of the molecule is CSCc1ccc(C(=O)Nc2c(-c3ccccc3)nc3ccc(C)cn23)cc1.